The van der Waals surface area contributed by atoms with E-state index in [0.717, 1.165) is 0 Å². The lowest BCUT2D eigenvalue weighted by atomic mass is 10.3. The molecule has 4 aromatic rings. The number of hydrogen-bond acceptors (Lipinski definition) is 8. The first-order valence-electron chi connectivity index (χ1n) is 11.6. The van der Waals surface area contributed by atoms with Crippen LogP contribution in [0.15, 0.2) is 106 Å². The first kappa shape index (κ1) is 27.5. The van der Waals surface area contributed by atoms with Gasteiger partial charge in [-0.3, -0.25) is 9.13 Å². The van der Waals surface area contributed by atoms with Gasteiger partial charge in [-0.05, 0) is 43.3 Å². The minimum Gasteiger partial charge on any atom is -0.310 e. The van der Waals surface area contributed by atoms with Crippen molar-refractivity contribution < 1.29 is 25.2 Å². The number of aromatic nitrogens is 2. The summed E-state index contributed by atoms with van der Waals surface area (Å²) in [6.07, 6.45) is -1.71. The van der Waals surface area contributed by atoms with Crippen LogP contribution in [-0.4, -0.2) is 45.3 Å². The third-order valence-electron chi connectivity index (χ3n) is 5.57. The van der Waals surface area contributed by atoms with E-state index in [1.54, 1.807) is 23.6 Å². The molecule has 0 bridgehead atoms. The zero-order valence-corrected chi connectivity index (χ0v) is 22.2. The Labute approximate surface area is 221 Å². The van der Waals surface area contributed by atoms with Crippen LogP contribution in [0.4, 0.5) is 0 Å². The summed E-state index contributed by atoms with van der Waals surface area (Å²) in [5, 5.41) is 2.94. The number of nitrogens with one attached hydrogen (secondary N) is 1. The second kappa shape index (κ2) is 11.5. The lowest BCUT2D eigenvalue weighted by Gasteiger charge is -2.18. The molecule has 0 unspecified atom stereocenters. The van der Waals surface area contributed by atoms with Gasteiger partial charge in [0.15, 0.2) is 0 Å². The van der Waals surface area contributed by atoms with E-state index in [4.69, 9.17) is 8.37 Å². The van der Waals surface area contributed by atoms with Gasteiger partial charge in [-0.1, -0.05) is 55.1 Å². The molecular formula is C26H27N3O7S2. The Kier molecular flexibility index (Phi) is 8.29. The Hall–Kier alpha value is -3.55. The van der Waals surface area contributed by atoms with Crippen molar-refractivity contribution >= 4 is 37.0 Å². The SMILES string of the molecule is C=C(C)n1c(=O)n(CCNCC(OS(=O)(=O)c2ccccc2)OS(=O)(=O)c2ccccc2)c2ccccc21. The van der Waals surface area contributed by atoms with Gasteiger partial charge in [-0.25, -0.2) is 13.2 Å². The molecule has 0 fully saturated rings. The van der Waals surface area contributed by atoms with Gasteiger partial charge < -0.3 is 5.32 Å². The van der Waals surface area contributed by atoms with Crippen molar-refractivity contribution in [2.45, 2.75) is 29.5 Å². The first-order chi connectivity index (χ1) is 18.1. The van der Waals surface area contributed by atoms with Gasteiger partial charge >= 0.3 is 5.69 Å². The summed E-state index contributed by atoms with van der Waals surface area (Å²) in [7, 11) is -8.69. The molecule has 12 heteroatoms. The Morgan fingerprint density at radius 3 is 1.79 bits per heavy atom. The summed E-state index contributed by atoms with van der Waals surface area (Å²) in [5.74, 6) is 0. The number of benzene rings is 3. The largest absolute Gasteiger partial charge is 0.333 e. The highest BCUT2D eigenvalue weighted by atomic mass is 32.2. The monoisotopic (exact) mass is 557 g/mol. The molecule has 1 N–H and O–H groups in total. The molecule has 0 saturated heterocycles. The Morgan fingerprint density at radius 2 is 1.29 bits per heavy atom. The van der Waals surface area contributed by atoms with E-state index in [0.29, 0.717) is 16.7 Å². The number of imidazole rings is 1. The summed E-state index contributed by atoms with van der Waals surface area (Å²) < 4.78 is 64.6. The van der Waals surface area contributed by atoms with E-state index in [1.807, 2.05) is 24.3 Å². The minimum atomic E-state index is -4.34. The highest BCUT2D eigenvalue weighted by molar-refractivity contribution is 7.87. The van der Waals surface area contributed by atoms with E-state index in [9.17, 15) is 21.6 Å². The topological polar surface area (TPSA) is 126 Å². The molecule has 3 aromatic carbocycles. The van der Waals surface area contributed by atoms with Gasteiger partial charge in [0.05, 0.1) is 20.8 Å². The molecule has 38 heavy (non-hydrogen) atoms. The Balaban J connectivity index is 1.52. The fourth-order valence-electron chi connectivity index (χ4n) is 3.86. The van der Waals surface area contributed by atoms with Crippen LogP contribution >= 0.6 is 0 Å². The van der Waals surface area contributed by atoms with Gasteiger partial charge in [-0.15, -0.1) is 0 Å². The molecular weight excluding hydrogens is 530 g/mol. The van der Waals surface area contributed by atoms with Crippen LogP contribution in [0, 0.1) is 0 Å². The highest BCUT2D eigenvalue weighted by Crippen LogP contribution is 2.19. The van der Waals surface area contributed by atoms with Crippen molar-refractivity contribution in [1.29, 1.82) is 0 Å². The minimum absolute atomic E-state index is 0.148. The van der Waals surface area contributed by atoms with E-state index in [2.05, 4.69) is 11.9 Å². The van der Waals surface area contributed by atoms with Gasteiger partial charge in [0.1, 0.15) is 0 Å². The number of hydrogen-bond donors (Lipinski definition) is 1. The molecule has 0 aliphatic rings. The number of para-hydroxylation sites is 2. The molecule has 1 aromatic heterocycles. The van der Waals surface area contributed by atoms with Crippen LogP contribution in [0.5, 0.6) is 0 Å². The molecule has 0 saturated carbocycles. The van der Waals surface area contributed by atoms with Crippen LogP contribution in [0.2, 0.25) is 0 Å². The van der Waals surface area contributed by atoms with Crippen molar-refractivity contribution in [3.8, 4) is 0 Å². The molecule has 0 atom stereocenters. The molecule has 4 rings (SSSR count). The maximum atomic E-state index is 13.0. The number of rotatable bonds is 12. The maximum Gasteiger partial charge on any atom is 0.333 e. The van der Waals surface area contributed by atoms with E-state index in [1.165, 1.54) is 53.1 Å². The van der Waals surface area contributed by atoms with Gasteiger partial charge in [0, 0.05) is 25.3 Å². The van der Waals surface area contributed by atoms with E-state index in [-0.39, 0.29) is 35.1 Å². The summed E-state index contributed by atoms with van der Waals surface area (Å²) in [6.45, 7) is 5.70. The van der Waals surface area contributed by atoms with Crippen molar-refractivity contribution in [2.24, 2.45) is 0 Å². The van der Waals surface area contributed by atoms with Crippen LogP contribution in [0.3, 0.4) is 0 Å². The molecule has 0 aliphatic heterocycles. The highest BCUT2D eigenvalue weighted by Gasteiger charge is 2.28. The van der Waals surface area contributed by atoms with Crippen LogP contribution in [0.1, 0.15) is 6.92 Å². The normalized spacial score (nSPS) is 12.3. The van der Waals surface area contributed by atoms with E-state index >= 15 is 0 Å². The molecule has 10 nitrogen and oxygen atoms in total. The third kappa shape index (κ3) is 6.11. The zero-order valence-electron chi connectivity index (χ0n) is 20.6. The molecule has 0 spiro atoms. The van der Waals surface area contributed by atoms with Crippen molar-refractivity contribution in [2.75, 3.05) is 13.1 Å². The molecule has 1 heterocycles. The Morgan fingerprint density at radius 1 is 0.816 bits per heavy atom. The van der Waals surface area contributed by atoms with Crippen LogP contribution in [0.25, 0.3) is 16.7 Å². The maximum absolute atomic E-state index is 13.0. The smallest absolute Gasteiger partial charge is 0.310 e. The predicted molar refractivity (Wildman–Crippen MR) is 143 cm³/mol. The molecule has 200 valence electrons. The predicted octanol–water partition coefficient (Wildman–Crippen LogP) is 3.02. The fourth-order valence-corrected chi connectivity index (χ4v) is 5.89. The van der Waals surface area contributed by atoms with Crippen molar-refractivity contribution in [1.82, 2.24) is 14.5 Å². The fraction of sp³-hybridized carbons (Fsp3) is 0.192. The van der Waals surface area contributed by atoms with Crippen molar-refractivity contribution in [3.05, 3.63) is 102 Å². The first-order valence-corrected chi connectivity index (χ1v) is 14.5. The number of allylic oxidation sites excluding steroid dienone is 1. The van der Waals surface area contributed by atoms with Gasteiger partial charge in [0.2, 0.25) is 6.29 Å². The van der Waals surface area contributed by atoms with Crippen LogP contribution in [-0.2, 0) is 35.1 Å². The summed E-state index contributed by atoms with van der Waals surface area (Å²) >= 11 is 0. The van der Waals surface area contributed by atoms with Crippen LogP contribution < -0.4 is 11.0 Å². The molecule has 0 radical (unpaired) electrons. The molecule has 0 amide bonds. The van der Waals surface area contributed by atoms with Crippen molar-refractivity contribution in [3.63, 3.8) is 0 Å². The third-order valence-corrected chi connectivity index (χ3v) is 8.21. The number of fused-ring (bicyclic) bond motifs is 1. The summed E-state index contributed by atoms with van der Waals surface area (Å²) in [5.41, 5.74) is 1.70. The lowest BCUT2D eigenvalue weighted by Crippen LogP contribution is -2.37. The molecule has 0 aliphatic carbocycles. The van der Waals surface area contributed by atoms with Gasteiger partial charge in [0.25, 0.3) is 20.2 Å². The number of nitrogens with zero attached hydrogens (tertiary/aromatic N) is 2. The lowest BCUT2D eigenvalue weighted by molar-refractivity contribution is 0.0184. The summed E-state index contributed by atoms with van der Waals surface area (Å²) in [6, 6.07) is 21.9. The Bertz CT molecular complexity index is 1620. The second-order valence-corrected chi connectivity index (χ2v) is 11.5. The van der Waals surface area contributed by atoms with E-state index < -0.39 is 26.5 Å². The second-order valence-electron chi connectivity index (χ2n) is 8.35. The standard InChI is InChI=1S/C26H27N3O7S2/c1-20(2)29-24-16-10-9-15-23(24)28(26(29)30)18-17-27-19-25(35-37(31,32)21-11-5-3-6-12-21)36-38(33,34)22-13-7-4-8-14-22/h3-16,25,27H,1,17-19H2,2H3. The average molecular weight is 558 g/mol. The van der Waals surface area contributed by atoms with Gasteiger partial charge in [-0.2, -0.15) is 16.8 Å². The zero-order chi connectivity index (χ0) is 27.3. The summed E-state index contributed by atoms with van der Waals surface area (Å²) in [4.78, 5) is 12.7. The quantitative estimate of drug-likeness (QED) is 0.160. The average Bonchev–Trinajstić information content (AvgIpc) is 3.18.